The van der Waals surface area contributed by atoms with Crippen LogP contribution in [0.2, 0.25) is 0 Å². The maximum absolute atomic E-state index is 13.0. The Kier molecular flexibility index (Phi) is 6.94. The quantitative estimate of drug-likeness (QED) is 0.451. The first-order valence-electron chi connectivity index (χ1n) is 11.3. The maximum atomic E-state index is 13.0. The number of piperidine rings is 1. The molecule has 33 heavy (non-hydrogen) atoms. The van der Waals surface area contributed by atoms with Crippen LogP contribution >= 0.6 is 11.8 Å². The van der Waals surface area contributed by atoms with E-state index < -0.39 is 17.0 Å². The summed E-state index contributed by atoms with van der Waals surface area (Å²) in [5.41, 5.74) is 4.50. The number of anilines is 2. The van der Waals surface area contributed by atoms with Gasteiger partial charge in [0.2, 0.25) is 5.95 Å². The molecule has 180 valence electrons. The van der Waals surface area contributed by atoms with Gasteiger partial charge in [0.1, 0.15) is 11.4 Å². The number of hydrogen-bond donors (Lipinski definition) is 1. The van der Waals surface area contributed by atoms with Gasteiger partial charge in [0, 0.05) is 33.8 Å². The molecule has 2 aliphatic rings. The highest BCUT2D eigenvalue weighted by molar-refractivity contribution is 7.99. The zero-order valence-corrected chi connectivity index (χ0v) is 20.1. The van der Waals surface area contributed by atoms with Crippen molar-refractivity contribution in [2.75, 3.05) is 36.1 Å². The van der Waals surface area contributed by atoms with Crippen LogP contribution in [0.1, 0.15) is 43.0 Å². The lowest BCUT2D eigenvalue weighted by atomic mass is 10.00. The summed E-state index contributed by atoms with van der Waals surface area (Å²) in [7, 11) is 2.77. The predicted molar refractivity (Wildman–Crippen MR) is 126 cm³/mol. The fourth-order valence-corrected chi connectivity index (χ4v) is 5.12. The monoisotopic (exact) mass is 477 g/mol. The van der Waals surface area contributed by atoms with Crippen LogP contribution < -0.4 is 21.9 Å². The molecule has 1 atom stereocenters. The number of nitrogens with zero attached hydrogens (tertiary/aromatic N) is 6. The lowest BCUT2D eigenvalue weighted by molar-refractivity contribution is 0.0951. The highest BCUT2D eigenvalue weighted by Crippen LogP contribution is 2.28. The van der Waals surface area contributed by atoms with E-state index in [0.717, 1.165) is 60.5 Å². The molecule has 2 N–H and O–H groups in total. The first kappa shape index (κ1) is 23.6. The second-order valence-electron chi connectivity index (χ2n) is 8.88. The van der Waals surface area contributed by atoms with Crippen molar-refractivity contribution >= 4 is 29.3 Å². The Hall–Kier alpha value is -2.60. The number of hydrogen-bond acceptors (Lipinski definition) is 9. The fourth-order valence-electron chi connectivity index (χ4n) is 4.31. The molecule has 11 nitrogen and oxygen atoms in total. The van der Waals surface area contributed by atoms with E-state index in [1.807, 2.05) is 4.57 Å². The van der Waals surface area contributed by atoms with Crippen molar-refractivity contribution in [3.8, 4) is 0 Å². The van der Waals surface area contributed by atoms with Gasteiger partial charge in [-0.15, -0.1) is 10.2 Å². The fraction of sp³-hybridized carbons (Fsp3) is 0.667. The molecule has 4 rings (SSSR count). The third kappa shape index (κ3) is 4.72. The van der Waals surface area contributed by atoms with Crippen LogP contribution in [0, 0.1) is 5.92 Å². The third-order valence-electron chi connectivity index (χ3n) is 6.50. The molecule has 2 aromatic heterocycles. The SMILES string of the molecule is CC1CCN(c2nnc(SCC(=O)c3c(N)n(C)c(=O)n(C)c3=O)n2CC2CCCO2)CC1. The number of thioether (sulfide) groups is 1. The summed E-state index contributed by atoms with van der Waals surface area (Å²) in [5, 5.41) is 9.42. The van der Waals surface area contributed by atoms with Crippen molar-refractivity contribution in [1.29, 1.82) is 0 Å². The summed E-state index contributed by atoms with van der Waals surface area (Å²) in [6, 6.07) is 0. The van der Waals surface area contributed by atoms with Crippen molar-refractivity contribution in [3.05, 3.63) is 26.4 Å². The summed E-state index contributed by atoms with van der Waals surface area (Å²) in [6.07, 6.45) is 4.29. The van der Waals surface area contributed by atoms with E-state index >= 15 is 0 Å². The van der Waals surface area contributed by atoms with Crippen molar-refractivity contribution in [2.24, 2.45) is 20.0 Å². The second-order valence-corrected chi connectivity index (χ2v) is 9.82. The molecular weight excluding hydrogens is 446 g/mol. The molecule has 0 aromatic carbocycles. The number of nitrogens with two attached hydrogens (primary N) is 1. The smallest absolute Gasteiger partial charge is 0.332 e. The number of ketones is 1. The van der Waals surface area contributed by atoms with Crippen LogP contribution in [0.5, 0.6) is 0 Å². The van der Waals surface area contributed by atoms with Crippen LogP contribution in [0.25, 0.3) is 0 Å². The molecule has 0 bridgehead atoms. The Labute approximate surface area is 195 Å². The van der Waals surface area contributed by atoms with Gasteiger partial charge in [-0.2, -0.15) is 0 Å². The van der Waals surface area contributed by atoms with E-state index in [1.165, 1.54) is 25.9 Å². The number of carbonyl (C=O) groups is 1. The Bertz CT molecular complexity index is 1140. The van der Waals surface area contributed by atoms with Gasteiger partial charge in [-0.25, -0.2) is 4.79 Å². The van der Waals surface area contributed by atoms with Crippen LogP contribution in [0.3, 0.4) is 0 Å². The van der Waals surface area contributed by atoms with Crippen molar-refractivity contribution in [3.63, 3.8) is 0 Å². The van der Waals surface area contributed by atoms with Gasteiger partial charge >= 0.3 is 5.69 Å². The molecular formula is C21H31N7O4S. The van der Waals surface area contributed by atoms with Crippen LogP contribution in [-0.2, 0) is 25.4 Å². The van der Waals surface area contributed by atoms with Gasteiger partial charge in [-0.3, -0.25) is 23.3 Å². The number of carbonyl (C=O) groups excluding carboxylic acids is 1. The van der Waals surface area contributed by atoms with E-state index in [0.29, 0.717) is 17.6 Å². The summed E-state index contributed by atoms with van der Waals surface area (Å²) in [4.78, 5) is 39.8. The number of aromatic nitrogens is 5. The summed E-state index contributed by atoms with van der Waals surface area (Å²) in [6.45, 7) is 5.46. The largest absolute Gasteiger partial charge is 0.384 e. The van der Waals surface area contributed by atoms with Gasteiger partial charge in [0.25, 0.3) is 5.56 Å². The minimum atomic E-state index is -0.690. The predicted octanol–water partition coefficient (Wildman–Crippen LogP) is 0.648. The van der Waals surface area contributed by atoms with Crippen molar-refractivity contribution in [2.45, 2.75) is 50.4 Å². The molecule has 12 heteroatoms. The van der Waals surface area contributed by atoms with Gasteiger partial charge in [0.15, 0.2) is 10.9 Å². The first-order chi connectivity index (χ1) is 15.8. The van der Waals surface area contributed by atoms with Gasteiger partial charge in [-0.05, 0) is 31.6 Å². The number of rotatable bonds is 7. The van der Waals surface area contributed by atoms with Crippen LogP contribution in [0.15, 0.2) is 14.7 Å². The minimum Gasteiger partial charge on any atom is -0.384 e. The van der Waals surface area contributed by atoms with Crippen molar-refractivity contribution in [1.82, 2.24) is 23.9 Å². The van der Waals surface area contributed by atoms with Gasteiger partial charge in [-0.1, -0.05) is 18.7 Å². The third-order valence-corrected chi connectivity index (χ3v) is 7.46. The number of ether oxygens (including phenoxy) is 1. The maximum Gasteiger partial charge on any atom is 0.332 e. The van der Waals surface area contributed by atoms with Gasteiger partial charge < -0.3 is 15.4 Å². The Morgan fingerprint density at radius 2 is 1.88 bits per heavy atom. The van der Waals surface area contributed by atoms with E-state index in [9.17, 15) is 14.4 Å². The molecule has 1 unspecified atom stereocenters. The van der Waals surface area contributed by atoms with E-state index in [-0.39, 0.29) is 23.2 Å². The van der Waals surface area contributed by atoms with Crippen LogP contribution in [0.4, 0.5) is 11.8 Å². The Morgan fingerprint density at radius 1 is 1.15 bits per heavy atom. The molecule has 0 amide bonds. The van der Waals surface area contributed by atoms with E-state index in [2.05, 4.69) is 22.0 Å². The van der Waals surface area contributed by atoms with Crippen LogP contribution in [-0.4, -0.2) is 61.2 Å². The zero-order valence-electron chi connectivity index (χ0n) is 19.3. The topological polar surface area (TPSA) is 130 Å². The molecule has 2 aromatic rings. The average molecular weight is 478 g/mol. The molecule has 0 spiro atoms. The minimum absolute atomic E-state index is 0.0433. The first-order valence-corrected chi connectivity index (χ1v) is 12.3. The summed E-state index contributed by atoms with van der Waals surface area (Å²) in [5.74, 6) is 0.867. The standard InChI is InChI=1S/C21H31N7O4S/c1-13-6-8-27(9-7-13)19-23-24-20(28(19)11-14-5-4-10-32-14)33-12-15(29)16-17(22)25(2)21(31)26(3)18(16)30/h13-14H,4-12,22H2,1-3H3. The van der Waals surface area contributed by atoms with E-state index in [4.69, 9.17) is 10.5 Å². The normalized spacial score (nSPS) is 19.4. The summed E-state index contributed by atoms with van der Waals surface area (Å²) < 4.78 is 9.87. The van der Waals surface area contributed by atoms with Crippen molar-refractivity contribution < 1.29 is 9.53 Å². The molecule has 2 aliphatic heterocycles. The lowest BCUT2D eigenvalue weighted by Crippen LogP contribution is -2.41. The molecule has 0 radical (unpaired) electrons. The Balaban J connectivity index is 1.57. The molecule has 4 heterocycles. The highest BCUT2D eigenvalue weighted by atomic mass is 32.2. The lowest BCUT2D eigenvalue weighted by Gasteiger charge is -2.31. The highest BCUT2D eigenvalue weighted by Gasteiger charge is 2.27. The molecule has 2 saturated heterocycles. The Morgan fingerprint density at radius 3 is 2.55 bits per heavy atom. The van der Waals surface area contributed by atoms with E-state index in [1.54, 1.807) is 0 Å². The second kappa shape index (κ2) is 9.72. The average Bonchev–Trinajstić information content (AvgIpc) is 3.46. The summed E-state index contributed by atoms with van der Waals surface area (Å²) >= 11 is 1.22. The number of Topliss-reactive ketones (excluding diaryl/α,β-unsaturated/α-hetero) is 1. The number of nitrogen functional groups attached to an aromatic ring is 1. The molecule has 2 fully saturated rings. The molecule has 0 aliphatic carbocycles. The van der Waals surface area contributed by atoms with Gasteiger partial charge in [0.05, 0.1) is 18.4 Å². The zero-order chi connectivity index (χ0) is 23.7. The molecule has 0 saturated carbocycles.